The van der Waals surface area contributed by atoms with Crippen LogP contribution in [0.15, 0.2) is 24.3 Å². The van der Waals surface area contributed by atoms with Crippen molar-refractivity contribution >= 4 is 11.6 Å². The molecule has 0 spiro atoms. The predicted molar refractivity (Wildman–Crippen MR) is 70.2 cm³/mol. The summed E-state index contributed by atoms with van der Waals surface area (Å²) in [7, 11) is 0. The van der Waals surface area contributed by atoms with Gasteiger partial charge in [-0.2, -0.15) is 0 Å². The number of benzene rings is 1. The zero-order chi connectivity index (χ0) is 12.5. The third-order valence-corrected chi connectivity index (χ3v) is 3.31. The molecule has 0 aliphatic carbocycles. The minimum atomic E-state index is -0.473. The van der Waals surface area contributed by atoms with Crippen LogP contribution in [0.1, 0.15) is 25.8 Å². The molecule has 0 radical (unpaired) electrons. The van der Waals surface area contributed by atoms with Gasteiger partial charge in [-0.25, -0.2) is 0 Å². The van der Waals surface area contributed by atoms with E-state index in [2.05, 4.69) is 5.32 Å². The smallest absolute Gasteiger partial charge is 0.246 e. The Bertz CT molecular complexity index is 426. The van der Waals surface area contributed by atoms with Crippen LogP contribution in [0.25, 0.3) is 0 Å². The first kappa shape index (κ1) is 12.1. The van der Waals surface area contributed by atoms with E-state index in [0.717, 1.165) is 30.8 Å². The van der Waals surface area contributed by atoms with E-state index < -0.39 is 5.54 Å². The molecule has 17 heavy (non-hydrogen) atoms. The van der Waals surface area contributed by atoms with Gasteiger partial charge in [0.2, 0.25) is 5.91 Å². The summed E-state index contributed by atoms with van der Waals surface area (Å²) in [4.78, 5) is 14.4. The summed E-state index contributed by atoms with van der Waals surface area (Å²) in [5.41, 5.74) is 1.71. The molecule has 1 amide bonds. The van der Waals surface area contributed by atoms with E-state index in [-0.39, 0.29) is 5.91 Å². The van der Waals surface area contributed by atoms with Gasteiger partial charge in [0.15, 0.2) is 0 Å². The minimum Gasteiger partial charge on any atom is -0.311 e. The third-order valence-electron chi connectivity index (χ3n) is 3.31. The van der Waals surface area contributed by atoms with Crippen molar-refractivity contribution < 1.29 is 4.79 Å². The number of carbonyl (C=O) groups is 1. The van der Waals surface area contributed by atoms with E-state index in [9.17, 15) is 4.79 Å². The lowest BCUT2D eigenvalue weighted by atomic mass is 10.0. The maximum Gasteiger partial charge on any atom is 0.246 e. The number of nitrogens with one attached hydrogen (secondary N) is 1. The lowest BCUT2D eigenvalue weighted by Crippen LogP contribution is -2.51. The summed E-state index contributed by atoms with van der Waals surface area (Å²) < 4.78 is 0. The lowest BCUT2D eigenvalue weighted by molar-refractivity contribution is -0.123. The van der Waals surface area contributed by atoms with Gasteiger partial charge in [-0.1, -0.05) is 18.2 Å². The molecule has 0 atom stereocenters. The number of amides is 1. The second-order valence-corrected chi connectivity index (χ2v) is 5.15. The Morgan fingerprint density at radius 2 is 2.00 bits per heavy atom. The molecular weight excluding hydrogens is 212 g/mol. The molecule has 1 aromatic carbocycles. The average Bonchev–Trinajstić information content (AvgIpc) is 2.41. The topological polar surface area (TPSA) is 32.3 Å². The summed E-state index contributed by atoms with van der Waals surface area (Å²) in [6, 6.07) is 8.06. The quantitative estimate of drug-likeness (QED) is 0.804. The van der Waals surface area contributed by atoms with Gasteiger partial charge in [0.1, 0.15) is 0 Å². The van der Waals surface area contributed by atoms with Gasteiger partial charge in [0.05, 0.1) is 5.54 Å². The van der Waals surface area contributed by atoms with Crippen molar-refractivity contribution in [3.63, 3.8) is 0 Å². The highest BCUT2D eigenvalue weighted by Crippen LogP contribution is 2.24. The van der Waals surface area contributed by atoms with Gasteiger partial charge in [-0.15, -0.1) is 0 Å². The van der Waals surface area contributed by atoms with Gasteiger partial charge >= 0.3 is 0 Å². The highest BCUT2D eigenvalue weighted by molar-refractivity contribution is 6.00. The van der Waals surface area contributed by atoms with Crippen molar-refractivity contribution in [2.24, 2.45) is 0 Å². The Labute approximate surface area is 103 Å². The van der Waals surface area contributed by atoms with Gasteiger partial charge in [-0.05, 0) is 45.4 Å². The number of hydrogen-bond acceptors (Lipinski definition) is 2. The standard InChI is InChI=1S/C14H20N2O/c1-11-7-4-5-8-12(11)16-10-6-9-15-14(2,3)13(16)17/h4-5,7-8,15H,6,9-10H2,1-3H3. The molecule has 0 unspecified atom stereocenters. The molecule has 1 saturated heterocycles. The van der Waals surface area contributed by atoms with Crippen LogP contribution in [-0.4, -0.2) is 24.5 Å². The van der Waals surface area contributed by atoms with Crippen LogP contribution in [0, 0.1) is 6.92 Å². The summed E-state index contributed by atoms with van der Waals surface area (Å²) >= 11 is 0. The zero-order valence-electron chi connectivity index (χ0n) is 10.8. The maximum absolute atomic E-state index is 12.5. The molecule has 3 heteroatoms. The fourth-order valence-corrected chi connectivity index (χ4v) is 2.25. The van der Waals surface area contributed by atoms with Crippen LogP contribution < -0.4 is 10.2 Å². The summed E-state index contributed by atoms with van der Waals surface area (Å²) in [5.74, 6) is 0.157. The number of carbonyl (C=O) groups excluding carboxylic acids is 1. The van der Waals surface area contributed by atoms with Crippen molar-refractivity contribution in [1.82, 2.24) is 5.32 Å². The number of para-hydroxylation sites is 1. The molecule has 0 saturated carbocycles. The summed E-state index contributed by atoms with van der Waals surface area (Å²) in [6.45, 7) is 7.63. The molecule has 1 heterocycles. The molecule has 3 nitrogen and oxygen atoms in total. The van der Waals surface area contributed by atoms with Gasteiger partial charge < -0.3 is 10.2 Å². The van der Waals surface area contributed by atoms with Crippen molar-refractivity contribution in [3.05, 3.63) is 29.8 Å². The molecule has 2 rings (SSSR count). The van der Waals surface area contributed by atoms with E-state index in [1.807, 2.05) is 49.9 Å². The summed E-state index contributed by atoms with van der Waals surface area (Å²) in [5, 5.41) is 3.30. The number of rotatable bonds is 1. The molecule has 0 bridgehead atoms. The van der Waals surface area contributed by atoms with E-state index in [1.54, 1.807) is 0 Å². The fourth-order valence-electron chi connectivity index (χ4n) is 2.25. The minimum absolute atomic E-state index is 0.157. The SMILES string of the molecule is Cc1ccccc1N1CCCNC(C)(C)C1=O. The van der Waals surface area contributed by atoms with Crippen LogP contribution in [-0.2, 0) is 4.79 Å². The van der Waals surface area contributed by atoms with Crippen molar-refractivity contribution in [3.8, 4) is 0 Å². The lowest BCUT2D eigenvalue weighted by Gasteiger charge is -2.30. The van der Waals surface area contributed by atoms with E-state index in [0.29, 0.717) is 0 Å². The van der Waals surface area contributed by atoms with Crippen molar-refractivity contribution in [2.45, 2.75) is 32.7 Å². The number of aryl methyl sites for hydroxylation is 1. The van der Waals surface area contributed by atoms with Crippen LogP contribution in [0.3, 0.4) is 0 Å². The third kappa shape index (κ3) is 2.34. The van der Waals surface area contributed by atoms with Gasteiger partial charge in [0.25, 0.3) is 0 Å². The van der Waals surface area contributed by atoms with Crippen molar-refractivity contribution in [2.75, 3.05) is 18.0 Å². The first-order valence-electron chi connectivity index (χ1n) is 6.15. The van der Waals surface area contributed by atoms with E-state index in [1.165, 1.54) is 0 Å². The van der Waals surface area contributed by atoms with Gasteiger partial charge in [0, 0.05) is 12.2 Å². The molecular formula is C14H20N2O. The van der Waals surface area contributed by atoms with Crippen LogP contribution in [0.4, 0.5) is 5.69 Å². The Kier molecular flexibility index (Phi) is 3.20. The highest BCUT2D eigenvalue weighted by atomic mass is 16.2. The zero-order valence-corrected chi connectivity index (χ0v) is 10.8. The Morgan fingerprint density at radius 3 is 2.71 bits per heavy atom. The maximum atomic E-state index is 12.5. The molecule has 1 N–H and O–H groups in total. The van der Waals surface area contributed by atoms with Crippen LogP contribution in [0.5, 0.6) is 0 Å². The second-order valence-electron chi connectivity index (χ2n) is 5.15. The second kappa shape index (κ2) is 4.49. The normalized spacial score (nSPS) is 20.2. The van der Waals surface area contributed by atoms with Gasteiger partial charge in [-0.3, -0.25) is 4.79 Å². The molecule has 92 valence electrons. The number of hydrogen-bond donors (Lipinski definition) is 1. The Hall–Kier alpha value is -1.35. The average molecular weight is 232 g/mol. The molecule has 1 aliphatic heterocycles. The highest BCUT2D eigenvalue weighted by Gasteiger charge is 2.34. The van der Waals surface area contributed by atoms with E-state index >= 15 is 0 Å². The molecule has 1 aliphatic rings. The van der Waals surface area contributed by atoms with Crippen LogP contribution in [0.2, 0.25) is 0 Å². The predicted octanol–water partition coefficient (Wildman–Crippen LogP) is 2.10. The first-order chi connectivity index (χ1) is 8.02. The number of anilines is 1. The fraction of sp³-hybridized carbons (Fsp3) is 0.500. The van der Waals surface area contributed by atoms with Crippen molar-refractivity contribution in [1.29, 1.82) is 0 Å². The van der Waals surface area contributed by atoms with E-state index in [4.69, 9.17) is 0 Å². The first-order valence-corrected chi connectivity index (χ1v) is 6.15. The monoisotopic (exact) mass is 232 g/mol. The molecule has 1 aromatic rings. The largest absolute Gasteiger partial charge is 0.311 e. The molecule has 1 fully saturated rings. The van der Waals surface area contributed by atoms with Crippen LogP contribution >= 0.6 is 0 Å². The Balaban J connectivity index is 2.37. The molecule has 0 aromatic heterocycles. The Morgan fingerprint density at radius 1 is 1.29 bits per heavy atom. The number of nitrogens with zero attached hydrogens (tertiary/aromatic N) is 1. The summed E-state index contributed by atoms with van der Waals surface area (Å²) in [6.07, 6.45) is 0.990.